The molecule has 4 heteroatoms. The Morgan fingerprint density at radius 2 is 1.90 bits per heavy atom. The topological polar surface area (TPSA) is 48.3 Å². The van der Waals surface area contributed by atoms with Crippen LogP contribution in [0.5, 0.6) is 0 Å². The molecule has 0 unspecified atom stereocenters. The quantitative estimate of drug-likeness (QED) is 0.807. The monoisotopic (exact) mass is 273 g/mol. The van der Waals surface area contributed by atoms with Gasteiger partial charge in [-0.3, -0.25) is 9.59 Å². The van der Waals surface area contributed by atoms with E-state index in [2.05, 4.69) is 0 Å². The van der Waals surface area contributed by atoms with Crippen LogP contribution in [-0.2, 0) is 16.1 Å². The van der Waals surface area contributed by atoms with Gasteiger partial charge in [-0.15, -0.1) is 0 Å². The second kappa shape index (κ2) is 5.49. The van der Waals surface area contributed by atoms with E-state index in [1.165, 1.54) is 0 Å². The van der Waals surface area contributed by atoms with Crippen molar-refractivity contribution in [3.8, 4) is 0 Å². The average molecular weight is 273 g/mol. The number of rotatable bonds is 3. The van der Waals surface area contributed by atoms with E-state index < -0.39 is 0 Å². The van der Waals surface area contributed by atoms with Gasteiger partial charge in [0.1, 0.15) is 6.54 Å². The molecule has 0 aliphatic heterocycles. The SMILES string of the molecule is CCOC(=O)Cn1c(C)cc(=O)c2cc(C)cc(C)c21. The molecule has 0 atom stereocenters. The first-order chi connectivity index (χ1) is 9.43. The molecule has 106 valence electrons. The third kappa shape index (κ3) is 2.59. The standard InChI is InChI=1S/C16H19NO3/c1-5-20-15(19)9-17-12(4)8-14(18)13-7-10(2)6-11(3)16(13)17/h6-8H,5,9H2,1-4H3. The number of pyridine rings is 1. The lowest BCUT2D eigenvalue weighted by Gasteiger charge is -2.16. The van der Waals surface area contributed by atoms with Crippen LogP contribution < -0.4 is 5.43 Å². The van der Waals surface area contributed by atoms with Gasteiger partial charge in [-0.25, -0.2) is 0 Å². The number of hydrogen-bond acceptors (Lipinski definition) is 3. The number of aryl methyl sites for hydroxylation is 3. The predicted octanol–water partition coefficient (Wildman–Crippen LogP) is 2.49. The van der Waals surface area contributed by atoms with Gasteiger partial charge in [0.15, 0.2) is 5.43 Å². The zero-order valence-electron chi connectivity index (χ0n) is 12.3. The van der Waals surface area contributed by atoms with E-state index in [4.69, 9.17) is 4.74 Å². The van der Waals surface area contributed by atoms with E-state index in [1.807, 2.05) is 37.5 Å². The molecule has 0 saturated heterocycles. The second-order valence-electron chi connectivity index (χ2n) is 5.02. The van der Waals surface area contributed by atoms with E-state index in [0.717, 1.165) is 22.3 Å². The molecule has 0 aliphatic carbocycles. The van der Waals surface area contributed by atoms with Crippen LogP contribution in [0.4, 0.5) is 0 Å². The van der Waals surface area contributed by atoms with Crippen molar-refractivity contribution in [2.45, 2.75) is 34.2 Å². The number of hydrogen-bond donors (Lipinski definition) is 0. The first kappa shape index (κ1) is 14.3. The fourth-order valence-corrected chi connectivity index (χ4v) is 2.57. The van der Waals surface area contributed by atoms with Gasteiger partial charge in [-0.05, 0) is 44.9 Å². The molecule has 0 fully saturated rings. The molecule has 0 radical (unpaired) electrons. The molecule has 0 aliphatic rings. The Bertz CT molecular complexity index is 729. The maximum atomic E-state index is 12.1. The Hall–Kier alpha value is -2.10. The Labute approximate surface area is 118 Å². The normalized spacial score (nSPS) is 10.8. The van der Waals surface area contributed by atoms with Crippen molar-refractivity contribution in [3.05, 3.63) is 45.2 Å². The Kier molecular flexibility index (Phi) is 3.93. The van der Waals surface area contributed by atoms with E-state index in [9.17, 15) is 9.59 Å². The highest BCUT2D eigenvalue weighted by Gasteiger charge is 2.13. The second-order valence-corrected chi connectivity index (χ2v) is 5.02. The van der Waals surface area contributed by atoms with Crippen molar-refractivity contribution >= 4 is 16.9 Å². The minimum atomic E-state index is -0.291. The van der Waals surface area contributed by atoms with E-state index >= 15 is 0 Å². The smallest absolute Gasteiger partial charge is 0.325 e. The van der Waals surface area contributed by atoms with Crippen molar-refractivity contribution in [1.82, 2.24) is 4.57 Å². The van der Waals surface area contributed by atoms with Crippen molar-refractivity contribution in [1.29, 1.82) is 0 Å². The lowest BCUT2D eigenvalue weighted by Crippen LogP contribution is -2.19. The van der Waals surface area contributed by atoms with Gasteiger partial charge < -0.3 is 9.30 Å². The highest BCUT2D eigenvalue weighted by Crippen LogP contribution is 2.19. The lowest BCUT2D eigenvalue weighted by molar-refractivity contribution is -0.143. The Morgan fingerprint density at radius 3 is 2.55 bits per heavy atom. The molecule has 20 heavy (non-hydrogen) atoms. The van der Waals surface area contributed by atoms with Crippen molar-refractivity contribution < 1.29 is 9.53 Å². The summed E-state index contributed by atoms with van der Waals surface area (Å²) < 4.78 is 6.86. The van der Waals surface area contributed by atoms with E-state index in [1.54, 1.807) is 13.0 Å². The van der Waals surface area contributed by atoms with Crippen LogP contribution in [0.1, 0.15) is 23.7 Å². The van der Waals surface area contributed by atoms with Crippen molar-refractivity contribution in [3.63, 3.8) is 0 Å². The van der Waals surface area contributed by atoms with Crippen LogP contribution in [0.2, 0.25) is 0 Å². The summed E-state index contributed by atoms with van der Waals surface area (Å²) in [4.78, 5) is 23.9. The number of fused-ring (bicyclic) bond motifs is 1. The maximum absolute atomic E-state index is 12.1. The van der Waals surface area contributed by atoms with Crippen molar-refractivity contribution in [2.75, 3.05) is 6.61 Å². The summed E-state index contributed by atoms with van der Waals surface area (Å²) in [6, 6.07) is 5.45. The highest BCUT2D eigenvalue weighted by molar-refractivity contribution is 5.84. The molecule has 1 aromatic heterocycles. The third-order valence-corrected chi connectivity index (χ3v) is 3.34. The molecule has 0 N–H and O–H groups in total. The number of ether oxygens (including phenoxy) is 1. The van der Waals surface area contributed by atoms with Gasteiger partial charge in [-0.2, -0.15) is 0 Å². The molecule has 1 aromatic carbocycles. The van der Waals surface area contributed by atoms with E-state index in [-0.39, 0.29) is 17.9 Å². The third-order valence-electron chi connectivity index (χ3n) is 3.34. The number of carbonyl (C=O) groups is 1. The number of nitrogens with zero attached hydrogens (tertiary/aromatic N) is 1. The Balaban J connectivity index is 2.70. The molecule has 1 heterocycles. The molecule has 0 spiro atoms. The zero-order chi connectivity index (χ0) is 14.9. The minimum absolute atomic E-state index is 0.00981. The molecule has 0 bridgehead atoms. The van der Waals surface area contributed by atoms with Crippen LogP contribution in [0, 0.1) is 20.8 Å². The number of esters is 1. The molecule has 2 aromatic rings. The van der Waals surface area contributed by atoms with Gasteiger partial charge in [0.2, 0.25) is 0 Å². The molecule has 2 rings (SSSR count). The molecule has 0 saturated carbocycles. The molecular formula is C16H19NO3. The minimum Gasteiger partial charge on any atom is -0.465 e. The van der Waals surface area contributed by atoms with Gasteiger partial charge in [0, 0.05) is 17.1 Å². The predicted molar refractivity (Wildman–Crippen MR) is 79.1 cm³/mol. The highest BCUT2D eigenvalue weighted by atomic mass is 16.5. The summed E-state index contributed by atoms with van der Waals surface area (Å²) >= 11 is 0. The van der Waals surface area contributed by atoms with Crippen LogP contribution in [0.25, 0.3) is 10.9 Å². The van der Waals surface area contributed by atoms with Gasteiger partial charge in [-0.1, -0.05) is 6.07 Å². The maximum Gasteiger partial charge on any atom is 0.325 e. The summed E-state index contributed by atoms with van der Waals surface area (Å²) in [5.74, 6) is -0.291. The number of aromatic nitrogens is 1. The largest absolute Gasteiger partial charge is 0.465 e. The van der Waals surface area contributed by atoms with Gasteiger partial charge >= 0.3 is 5.97 Å². The van der Waals surface area contributed by atoms with Gasteiger partial charge in [0.25, 0.3) is 0 Å². The van der Waals surface area contributed by atoms with Crippen LogP contribution in [-0.4, -0.2) is 17.1 Å². The number of benzene rings is 1. The van der Waals surface area contributed by atoms with Crippen molar-refractivity contribution in [2.24, 2.45) is 0 Å². The lowest BCUT2D eigenvalue weighted by atomic mass is 10.1. The zero-order valence-corrected chi connectivity index (χ0v) is 12.3. The van der Waals surface area contributed by atoms with E-state index in [0.29, 0.717) is 12.0 Å². The van der Waals surface area contributed by atoms with Crippen LogP contribution in [0.3, 0.4) is 0 Å². The Morgan fingerprint density at radius 1 is 1.20 bits per heavy atom. The molecule has 0 amide bonds. The van der Waals surface area contributed by atoms with Gasteiger partial charge in [0.05, 0.1) is 12.1 Å². The molecule has 4 nitrogen and oxygen atoms in total. The summed E-state index contributed by atoms with van der Waals surface area (Å²) in [5.41, 5.74) is 3.60. The summed E-state index contributed by atoms with van der Waals surface area (Å²) in [6.45, 7) is 8.01. The van der Waals surface area contributed by atoms with Crippen LogP contribution >= 0.6 is 0 Å². The molecular weight excluding hydrogens is 254 g/mol. The summed E-state index contributed by atoms with van der Waals surface area (Å²) in [5, 5.41) is 0.650. The fourth-order valence-electron chi connectivity index (χ4n) is 2.57. The summed E-state index contributed by atoms with van der Waals surface area (Å²) in [6.07, 6.45) is 0. The fraction of sp³-hybridized carbons (Fsp3) is 0.375. The van der Waals surface area contributed by atoms with Crippen LogP contribution in [0.15, 0.2) is 23.0 Å². The first-order valence-electron chi connectivity index (χ1n) is 6.71. The summed E-state index contributed by atoms with van der Waals surface area (Å²) in [7, 11) is 0. The average Bonchev–Trinajstić information content (AvgIpc) is 2.34. The number of carbonyl (C=O) groups excluding carboxylic acids is 1. The first-order valence-corrected chi connectivity index (χ1v) is 6.71.